The molecule has 1 saturated heterocycles. The van der Waals surface area contributed by atoms with Gasteiger partial charge in [0.05, 0.1) is 38.9 Å². The maximum Gasteiger partial charge on any atom is 0.229 e. The van der Waals surface area contributed by atoms with Crippen molar-refractivity contribution in [1.82, 2.24) is 0 Å². The molecule has 0 aliphatic carbocycles. The molecule has 8 heteroatoms. The molecule has 2 amide bonds. The number of methoxy groups -OCH3 is 3. The number of nitrogens with one attached hydrogen (secondary N) is 1. The summed E-state index contributed by atoms with van der Waals surface area (Å²) in [5.74, 6) is 0.351. The first kappa shape index (κ1) is 20.0. The molecule has 1 aliphatic rings. The van der Waals surface area contributed by atoms with Crippen LogP contribution in [0.4, 0.5) is 11.4 Å². The number of carbonyl (C=O) groups is 2. The van der Waals surface area contributed by atoms with E-state index in [9.17, 15) is 9.59 Å². The van der Waals surface area contributed by atoms with Crippen molar-refractivity contribution in [3.05, 3.63) is 42.0 Å². The van der Waals surface area contributed by atoms with Gasteiger partial charge in [-0.05, 0) is 24.3 Å². The van der Waals surface area contributed by atoms with E-state index in [2.05, 4.69) is 5.32 Å². The van der Waals surface area contributed by atoms with Crippen molar-refractivity contribution in [3.8, 4) is 23.3 Å². The van der Waals surface area contributed by atoms with Crippen LogP contribution in [0.25, 0.3) is 0 Å². The minimum atomic E-state index is -0.503. The topological polar surface area (TPSA) is 101 Å². The molecule has 1 heterocycles. The molecule has 2 aromatic carbocycles. The minimum absolute atomic E-state index is 0.107. The highest BCUT2D eigenvalue weighted by molar-refractivity contribution is 6.03. The van der Waals surface area contributed by atoms with Crippen molar-refractivity contribution in [2.45, 2.75) is 6.42 Å². The van der Waals surface area contributed by atoms with E-state index in [4.69, 9.17) is 19.5 Å². The van der Waals surface area contributed by atoms with Gasteiger partial charge in [0.15, 0.2) is 11.5 Å². The van der Waals surface area contributed by atoms with Gasteiger partial charge in [0.2, 0.25) is 17.6 Å². The molecule has 3 rings (SSSR count). The van der Waals surface area contributed by atoms with Gasteiger partial charge in [0.25, 0.3) is 0 Å². The molecular formula is C21H21N3O5. The molecule has 8 nitrogen and oxygen atoms in total. The van der Waals surface area contributed by atoms with Gasteiger partial charge in [-0.25, -0.2) is 0 Å². The van der Waals surface area contributed by atoms with Crippen LogP contribution >= 0.6 is 0 Å². The Kier molecular flexibility index (Phi) is 5.88. The van der Waals surface area contributed by atoms with E-state index >= 15 is 0 Å². The van der Waals surface area contributed by atoms with Crippen molar-refractivity contribution in [1.29, 1.82) is 5.26 Å². The number of carbonyl (C=O) groups excluding carboxylic acids is 2. The molecule has 150 valence electrons. The number of nitrogens with zero attached hydrogens (tertiary/aromatic N) is 2. The number of hydrogen-bond donors (Lipinski definition) is 1. The van der Waals surface area contributed by atoms with Gasteiger partial charge in [0, 0.05) is 36.5 Å². The Hall–Kier alpha value is -3.73. The van der Waals surface area contributed by atoms with Gasteiger partial charge < -0.3 is 24.4 Å². The largest absolute Gasteiger partial charge is 0.493 e. The van der Waals surface area contributed by atoms with Gasteiger partial charge >= 0.3 is 0 Å². The molecule has 2 aromatic rings. The summed E-state index contributed by atoms with van der Waals surface area (Å²) in [5.41, 5.74) is 1.66. The van der Waals surface area contributed by atoms with E-state index in [1.54, 1.807) is 41.3 Å². The fourth-order valence-electron chi connectivity index (χ4n) is 3.25. The van der Waals surface area contributed by atoms with E-state index in [1.165, 1.54) is 21.3 Å². The summed E-state index contributed by atoms with van der Waals surface area (Å²) in [7, 11) is 4.49. The fraction of sp³-hybridized carbons (Fsp3) is 0.286. The Bertz CT molecular complexity index is 940. The van der Waals surface area contributed by atoms with Gasteiger partial charge in [-0.1, -0.05) is 0 Å². The molecule has 1 unspecified atom stereocenters. The number of ether oxygens (including phenoxy) is 3. The van der Waals surface area contributed by atoms with Crippen LogP contribution in [0.5, 0.6) is 17.2 Å². The molecule has 0 spiro atoms. The number of rotatable bonds is 6. The highest BCUT2D eigenvalue weighted by atomic mass is 16.5. The van der Waals surface area contributed by atoms with Crippen molar-refractivity contribution in [3.63, 3.8) is 0 Å². The zero-order valence-electron chi connectivity index (χ0n) is 16.4. The third-order valence-corrected chi connectivity index (χ3v) is 4.74. The Morgan fingerprint density at radius 3 is 2.24 bits per heavy atom. The lowest BCUT2D eigenvalue weighted by Crippen LogP contribution is -2.28. The highest BCUT2D eigenvalue weighted by Gasteiger charge is 2.35. The first-order valence-corrected chi connectivity index (χ1v) is 8.92. The predicted molar refractivity (Wildman–Crippen MR) is 106 cm³/mol. The van der Waals surface area contributed by atoms with Crippen LogP contribution in [-0.2, 0) is 9.59 Å². The molecule has 0 bridgehead atoms. The Morgan fingerprint density at radius 1 is 1.10 bits per heavy atom. The van der Waals surface area contributed by atoms with E-state index < -0.39 is 5.92 Å². The Balaban J connectivity index is 1.74. The van der Waals surface area contributed by atoms with Gasteiger partial charge in [-0.15, -0.1) is 0 Å². The quantitative estimate of drug-likeness (QED) is 0.807. The minimum Gasteiger partial charge on any atom is -0.493 e. The van der Waals surface area contributed by atoms with Crippen LogP contribution in [-0.4, -0.2) is 39.7 Å². The lowest BCUT2D eigenvalue weighted by Gasteiger charge is -2.17. The number of anilines is 2. The first-order chi connectivity index (χ1) is 14.0. The molecular weight excluding hydrogens is 374 g/mol. The third-order valence-electron chi connectivity index (χ3n) is 4.74. The Morgan fingerprint density at radius 2 is 1.72 bits per heavy atom. The zero-order chi connectivity index (χ0) is 21.0. The maximum absolute atomic E-state index is 12.7. The summed E-state index contributed by atoms with van der Waals surface area (Å²) in [4.78, 5) is 26.7. The SMILES string of the molecule is COc1cc(NC(=O)C2CC(=O)N(c3ccc(C#N)cc3)C2)cc(OC)c1OC. The van der Waals surface area contributed by atoms with E-state index in [0.29, 0.717) is 34.2 Å². The molecule has 29 heavy (non-hydrogen) atoms. The lowest BCUT2D eigenvalue weighted by atomic mass is 10.1. The normalized spacial score (nSPS) is 15.6. The van der Waals surface area contributed by atoms with Crippen LogP contribution < -0.4 is 24.4 Å². The predicted octanol–water partition coefficient (Wildman–Crippen LogP) is 2.58. The van der Waals surface area contributed by atoms with Crippen molar-refractivity contribution >= 4 is 23.2 Å². The zero-order valence-corrected chi connectivity index (χ0v) is 16.4. The van der Waals surface area contributed by atoms with E-state index in [0.717, 1.165) is 0 Å². The van der Waals surface area contributed by atoms with E-state index in [-0.39, 0.29) is 24.8 Å². The second kappa shape index (κ2) is 8.52. The maximum atomic E-state index is 12.7. The molecule has 1 fully saturated rings. The Labute approximate surface area is 168 Å². The molecule has 1 atom stereocenters. The lowest BCUT2D eigenvalue weighted by molar-refractivity contribution is -0.122. The van der Waals surface area contributed by atoms with Crippen molar-refractivity contribution in [2.75, 3.05) is 38.1 Å². The summed E-state index contributed by atoms with van der Waals surface area (Å²) in [6.45, 7) is 0.265. The van der Waals surface area contributed by atoms with Crippen LogP contribution in [0.1, 0.15) is 12.0 Å². The molecule has 0 saturated carbocycles. The monoisotopic (exact) mass is 395 g/mol. The average molecular weight is 395 g/mol. The number of benzene rings is 2. The first-order valence-electron chi connectivity index (χ1n) is 8.92. The standard InChI is InChI=1S/C21H21N3O5/c1-27-17-9-15(10-18(28-2)20(17)29-3)23-21(26)14-8-19(25)24(12-14)16-6-4-13(11-22)5-7-16/h4-7,9-10,14H,8,12H2,1-3H3,(H,23,26). The number of amides is 2. The smallest absolute Gasteiger partial charge is 0.229 e. The summed E-state index contributed by atoms with van der Waals surface area (Å²) < 4.78 is 15.9. The highest BCUT2D eigenvalue weighted by Crippen LogP contribution is 2.40. The molecule has 1 N–H and O–H groups in total. The third kappa shape index (κ3) is 4.09. The summed E-state index contributed by atoms with van der Waals surface area (Å²) in [5, 5.41) is 11.7. The second-order valence-corrected chi connectivity index (χ2v) is 6.47. The van der Waals surface area contributed by atoms with Crippen LogP contribution in [0.15, 0.2) is 36.4 Å². The summed E-state index contributed by atoms with van der Waals surface area (Å²) in [6.07, 6.45) is 0.107. The van der Waals surface area contributed by atoms with Gasteiger partial charge in [-0.2, -0.15) is 5.26 Å². The second-order valence-electron chi connectivity index (χ2n) is 6.47. The van der Waals surface area contributed by atoms with Crippen molar-refractivity contribution < 1.29 is 23.8 Å². The number of nitriles is 1. The van der Waals surface area contributed by atoms with Crippen LogP contribution in [0, 0.1) is 17.2 Å². The van der Waals surface area contributed by atoms with E-state index in [1.807, 2.05) is 6.07 Å². The molecule has 0 aromatic heterocycles. The van der Waals surface area contributed by atoms with Crippen molar-refractivity contribution in [2.24, 2.45) is 5.92 Å². The summed E-state index contributed by atoms with van der Waals surface area (Å²) in [6, 6.07) is 12.0. The van der Waals surface area contributed by atoms with Gasteiger partial charge in [-0.3, -0.25) is 9.59 Å². The van der Waals surface area contributed by atoms with Gasteiger partial charge in [0.1, 0.15) is 0 Å². The average Bonchev–Trinajstić information content (AvgIpc) is 3.14. The molecule has 0 radical (unpaired) electrons. The molecule has 1 aliphatic heterocycles. The van der Waals surface area contributed by atoms with Crippen LogP contribution in [0.2, 0.25) is 0 Å². The fourth-order valence-corrected chi connectivity index (χ4v) is 3.25. The summed E-state index contributed by atoms with van der Waals surface area (Å²) >= 11 is 0. The van der Waals surface area contributed by atoms with Crippen LogP contribution in [0.3, 0.4) is 0 Å². The number of hydrogen-bond acceptors (Lipinski definition) is 6.